The van der Waals surface area contributed by atoms with Crippen LogP contribution in [-0.4, -0.2) is 17.6 Å². The molecule has 1 aromatic heterocycles. The van der Waals surface area contributed by atoms with Gasteiger partial charge in [-0.2, -0.15) is 0 Å². The number of nitrogens with one attached hydrogen (secondary N) is 1. The zero-order valence-electron chi connectivity index (χ0n) is 12.5. The van der Waals surface area contributed by atoms with Gasteiger partial charge in [-0.05, 0) is 38.4 Å². The molecular weight excluding hydrogens is 290 g/mol. The van der Waals surface area contributed by atoms with Crippen LogP contribution in [-0.2, 0) is 12.8 Å². The Morgan fingerprint density at radius 1 is 1.24 bits per heavy atom. The average molecular weight is 310 g/mol. The monoisotopic (exact) mass is 310 g/mol. The molecule has 0 aliphatic carbocycles. The van der Waals surface area contributed by atoms with E-state index >= 15 is 0 Å². The summed E-state index contributed by atoms with van der Waals surface area (Å²) in [4.78, 5) is 5.73. The van der Waals surface area contributed by atoms with E-state index < -0.39 is 11.6 Å². The van der Waals surface area contributed by atoms with Crippen LogP contribution in [0.15, 0.2) is 18.2 Å². The number of hydrogen-bond acceptors (Lipinski definition) is 3. The summed E-state index contributed by atoms with van der Waals surface area (Å²) in [6, 6.07) is 4.39. The van der Waals surface area contributed by atoms with E-state index in [2.05, 4.69) is 10.3 Å². The number of nitrogens with zero attached hydrogens (tertiary/aromatic N) is 1. The molecule has 0 saturated carbocycles. The van der Waals surface area contributed by atoms with Gasteiger partial charge in [0.1, 0.15) is 0 Å². The van der Waals surface area contributed by atoms with Crippen LogP contribution in [0.5, 0.6) is 0 Å². The van der Waals surface area contributed by atoms with E-state index in [-0.39, 0.29) is 6.04 Å². The standard InChI is InChI=1S/C16H20F2N2S/c1-4-19-13(9-15-20-10(2)11(3)21-15)8-12-6-5-7-14(17)16(12)18/h5-7,13,19H,4,8-9H2,1-3H3. The topological polar surface area (TPSA) is 24.9 Å². The van der Waals surface area contributed by atoms with Crippen LogP contribution in [0.25, 0.3) is 0 Å². The fourth-order valence-corrected chi connectivity index (χ4v) is 3.33. The number of halogens is 2. The van der Waals surface area contributed by atoms with Crippen molar-refractivity contribution in [3.05, 3.63) is 51.0 Å². The van der Waals surface area contributed by atoms with E-state index in [4.69, 9.17) is 0 Å². The van der Waals surface area contributed by atoms with Gasteiger partial charge in [0.05, 0.1) is 10.7 Å². The first kappa shape index (κ1) is 16.0. The van der Waals surface area contributed by atoms with E-state index in [1.807, 2.05) is 20.8 Å². The van der Waals surface area contributed by atoms with Crippen LogP contribution in [0.4, 0.5) is 8.78 Å². The van der Waals surface area contributed by atoms with E-state index in [1.165, 1.54) is 4.88 Å². The van der Waals surface area contributed by atoms with Crippen molar-refractivity contribution in [2.45, 2.75) is 39.7 Å². The minimum absolute atomic E-state index is 0.0521. The van der Waals surface area contributed by atoms with E-state index in [0.29, 0.717) is 12.0 Å². The molecule has 0 bridgehead atoms. The first-order valence-corrected chi connectivity index (χ1v) is 7.92. The Morgan fingerprint density at radius 2 is 2.00 bits per heavy atom. The first-order valence-electron chi connectivity index (χ1n) is 7.10. The molecule has 2 nitrogen and oxygen atoms in total. The minimum Gasteiger partial charge on any atom is -0.314 e. The number of hydrogen-bond donors (Lipinski definition) is 1. The highest BCUT2D eigenvalue weighted by Crippen LogP contribution is 2.20. The number of benzene rings is 1. The summed E-state index contributed by atoms with van der Waals surface area (Å²) in [6.07, 6.45) is 1.18. The molecule has 2 rings (SSSR count). The fraction of sp³-hybridized carbons (Fsp3) is 0.438. The third-order valence-corrected chi connectivity index (χ3v) is 4.58. The molecule has 0 spiro atoms. The quantitative estimate of drug-likeness (QED) is 0.878. The largest absolute Gasteiger partial charge is 0.314 e. The van der Waals surface area contributed by atoms with Crippen LogP contribution in [0.1, 0.15) is 28.1 Å². The average Bonchev–Trinajstić information content (AvgIpc) is 2.74. The van der Waals surface area contributed by atoms with Crippen molar-refractivity contribution in [2.75, 3.05) is 6.54 Å². The summed E-state index contributed by atoms with van der Waals surface area (Å²) in [7, 11) is 0. The molecule has 0 fully saturated rings. The molecule has 0 radical (unpaired) electrons. The maximum Gasteiger partial charge on any atom is 0.162 e. The molecular formula is C16H20F2N2S. The molecule has 1 N–H and O–H groups in total. The molecule has 0 saturated heterocycles. The SMILES string of the molecule is CCNC(Cc1nc(C)c(C)s1)Cc1cccc(F)c1F. The summed E-state index contributed by atoms with van der Waals surface area (Å²) in [5, 5.41) is 4.37. The normalized spacial score (nSPS) is 12.6. The Balaban J connectivity index is 2.13. The highest BCUT2D eigenvalue weighted by atomic mass is 32.1. The van der Waals surface area contributed by atoms with Crippen LogP contribution in [0, 0.1) is 25.5 Å². The van der Waals surface area contributed by atoms with E-state index in [9.17, 15) is 8.78 Å². The fourth-order valence-electron chi connectivity index (χ4n) is 2.31. The molecule has 1 unspecified atom stereocenters. The van der Waals surface area contributed by atoms with Gasteiger partial charge in [0.15, 0.2) is 11.6 Å². The van der Waals surface area contributed by atoms with Crippen molar-refractivity contribution >= 4 is 11.3 Å². The van der Waals surface area contributed by atoms with Crippen molar-refractivity contribution in [3.63, 3.8) is 0 Å². The maximum atomic E-state index is 13.8. The summed E-state index contributed by atoms with van der Waals surface area (Å²) in [6.45, 7) is 6.83. The molecule has 1 atom stereocenters. The van der Waals surface area contributed by atoms with Crippen molar-refractivity contribution in [3.8, 4) is 0 Å². The number of likely N-dealkylation sites (N-methyl/N-ethyl adjacent to an activating group) is 1. The molecule has 5 heteroatoms. The Labute approximate surface area is 128 Å². The predicted molar refractivity (Wildman–Crippen MR) is 82.8 cm³/mol. The van der Waals surface area contributed by atoms with Gasteiger partial charge in [-0.1, -0.05) is 19.1 Å². The third kappa shape index (κ3) is 4.08. The zero-order valence-corrected chi connectivity index (χ0v) is 13.4. The number of aromatic nitrogens is 1. The molecule has 1 aromatic carbocycles. The Hall–Kier alpha value is -1.33. The molecule has 1 heterocycles. The Kier molecular flexibility index (Phi) is 5.42. The van der Waals surface area contributed by atoms with Crippen molar-refractivity contribution in [1.82, 2.24) is 10.3 Å². The van der Waals surface area contributed by atoms with Gasteiger partial charge in [-0.15, -0.1) is 11.3 Å². The van der Waals surface area contributed by atoms with Crippen molar-refractivity contribution in [2.24, 2.45) is 0 Å². The molecule has 0 aliphatic rings. The second kappa shape index (κ2) is 7.09. The summed E-state index contributed by atoms with van der Waals surface area (Å²) in [5.41, 5.74) is 1.45. The maximum absolute atomic E-state index is 13.8. The second-order valence-corrected chi connectivity index (χ2v) is 6.41. The van der Waals surface area contributed by atoms with Crippen molar-refractivity contribution in [1.29, 1.82) is 0 Å². The van der Waals surface area contributed by atoms with Gasteiger partial charge in [0.2, 0.25) is 0 Å². The van der Waals surface area contributed by atoms with Gasteiger partial charge >= 0.3 is 0 Å². The lowest BCUT2D eigenvalue weighted by Crippen LogP contribution is -2.33. The van der Waals surface area contributed by atoms with E-state index in [1.54, 1.807) is 23.5 Å². The minimum atomic E-state index is -0.788. The van der Waals surface area contributed by atoms with Gasteiger partial charge in [0.25, 0.3) is 0 Å². The van der Waals surface area contributed by atoms with Crippen molar-refractivity contribution < 1.29 is 8.78 Å². The molecule has 0 aliphatic heterocycles. The number of thiazole rings is 1. The molecule has 114 valence electrons. The molecule has 2 aromatic rings. The van der Waals surface area contributed by atoms with Gasteiger partial charge in [-0.3, -0.25) is 0 Å². The third-order valence-electron chi connectivity index (χ3n) is 3.48. The van der Waals surface area contributed by atoms with Gasteiger partial charge < -0.3 is 5.32 Å². The summed E-state index contributed by atoms with van der Waals surface area (Å²) >= 11 is 1.67. The van der Waals surface area contributed by atoms with Gasteiger partial charge in [-0.25, -0.2) is 13.8 Å². The second-order valence-electron chi connectivity index (χ2n) is 5.12. The van der Waals surface area contributed by atoms with Crippen LogP contribution in [0.2, 0.25) is 0 Å². The van der Waals surface area contributed by atoms with Crippen LogP contribution < -0.4 is 5.32 Å². The Morgan fingerprint density at radius 3 is 2.62 bits per heavy atom. The smallest absolute Gasteiger partial charge is 0.162 e. The van der Waals surface area contributed by atoms with Crippen LogP contribution >= 0.6 is 11.3 Å². The highest BCUT2D eigenvalue weighted by Gasteiger charge is 2.16. The lowest BCUT2D eigenvalue weighted by atomic mass is 10.0. The molecule has 0 amide bonds. The highest BCUT2D eigenvalue weighted by molar-refractivity contribution is 7.11. The Bertz CT molecular complexity index is 591. The molecule has 21 heavy (non-hydrogen) atoms. The number of rotatable bonds is 6. The van der Waals surface area contributed by atoms with Crippen LogP contribution in [0.3, 0.4) is 0 Å². The summed E-state index contributed by atoms with van der Waals surface area (Å²) < 4.78 is 27.1. The first-order chi connectivity index (χ1) is 10.0. The summed E-state index contributed by atoms with van der Waals surface area (Å²) in [5.74, 6) is -1.53. The lowest BCUT2D eigenvalue weighted by Gasteiger charge is -2.17. The van der Waals surface area contributed by atoms with E-state index in [0.717, 1.165) is 29.7 Å². The zero-order chi connectivity index (χ0) is 15.4. The number of aryl methyl sites for hydroxylation is 2. The predicted octanol–water partition coefficient (Wildman–Crippen LogP) is 3.80. The van der Waals surface area contributed by atoms with Gasteiger partial charge in [0, 0.05) is 17.3 Å². The lowest BCUT2D eigenvalue weighted by molar-refractivity contribution is 0.473.